The molecule has 3 heteroatoms. The van der Waals surface area contributed by atoms with Crippen molar-refractivity contribution in [2.75, 3.05) is 0 Å². The summed E-state index contributed by atoms with van der Waals surface area (Å²) in [4.78, 5) is 8.83. The summed E-state index contributed by atoms with van der Waals surface area (Å²) in [5.41, 5.74) is 4.68. The zero-order valence-corrected chi connectivity index (χ0v) is 11.5. The van der Waals surface area contributed by atoms with Crippen LogP contribution in [0.5, 0.6) is 0 Å². The third kappa shape index (κ3) is 1.75. The minimum Gasteiger partial charge on any atom is -0.346 e. The molecule has 0 unspecified atom stereocenters. The first kappa shape index (κ1) is 11.4. The van der Waals surface area contributed by atoms with E-state index in [0.29, 0.717) is 0 Å². The van der Waals surface area contributed by atoms with Crippen LogP contribution in [0.4, 0.5) is 0 Å². The van der Waals surface area contributed by atoms with E-state index in [1.807, 2.05) is 12.4 Å². The Morgan fingerprint density at radius 1 is 0.850 bits per heavy atom. The maximum atomic E-state index is 4.37. The SMILES string of the molecule is c1csc(-c2ccccc2-c2ccnc3[nH]ccc23)c1. The normalized spacial score (nSPS) is 11.0. The van der Waals surface area contributed by atoms with Crippen molar-refractivity contribution in [2.45, 2.75) is 0 Å². The number of thiophene rings is 1. The van der Waals surface area contributed by atoms with Gasteiger partial charge in [-0.1, -0.05) is 30.3 Å². The van der Waals surface area contributed by atoms with Gasteiger partial charge in [0.15, 0.2) is 0 Å². The molecule has 4 rings (SSSR count). The Morgan fingerprint density at radius 2 is 1.75 bits per heavy atom. The van der Waals surface area contributed by atoms with Gasteiger partial charge in [0.2, 0.25) is 0 Å². The van der Waals surface area contributed by atoms with E-state index in [1.165, 1.54) is 21.6 Å². The Morgan fingerprint density at radius 3 is 2.60 bits per heavy atom. The predicted octanol–water partition coefficient (Wildman–Crippen LogP) is 4.96. The molecular weight excluding hydrogens is 264 g/mol. The summed E-state index contributed by atoms with van der Waals surface area (Å²) in [7, 11) is 0. The number of rotatable bonds is 2. The summed E-state index contributed by atoms with van der Waals surface area (Å²) in [6.07, 6.45) is 3.80. The number of hydrogen-bond donors (Lipinski definition) is 1. The molecule has 3 heterocycles. The number of aromatic nitrogens is 2. The number of pyridine rings is 1. The summed E-state index contributed by atoms with van der Waals surface area (Å²) in [6.45, 7) is 0. The first-order valence-electron chi connectivity index (χ1n) is 6.49. The van der Waals surface area contributed by atoms with Gasteiger partial charge in [-0.2, -0.15) is 0 Å². The summed E-state index contributed by atoms with van der Waals surface area (Å²) >= 11 is 1.77. The third-order valence-electron chi connectivity index (χ3n) is 3.46. The Balaban J connectivity index is 2.02. The smallest absolute Gasteiger partial charge is 0.137 e. The monoisotopic (exact) mass is 276 g/mol. The lowest BCUT2D eigenvalue weighted by Crippen LogP contribution is -1.85. The van der Waals surface area contributed by atoms with E-state index in [2.05, 4.69) is 63.9 Å². The fourth-order valence-electron chi connectivity index (χ4n) is 2.56. The molecule has 0 saturated carbocycles. The zero-order chi connectivity index (χ0) is 13.4. The quantitative estimate of drug-likeness (QED) is 0.551. The van der Waals surface area contributed by atoms with Crippen molar-refractivity contribution in [1.82, 2.24) is 9.97 Å². The first-order valence-corrected chi connectivity index (χ1v) is 7.37. The molecule has 0 atom stereocenters. The average Bonchev–Trinajstić information content (AvgIpc) is 3.18. The van der Waals surface area contributed by atoms with E-state index >= 15 is 0 Å². The Kier molecular flexibility index (Phi) is 2.64. The second-order valence-corrected chi connectivity index (χ2v) is 5.57. The molecule has 4 aromatic rings. The lowest BCUT2D eigenvalue weighted by Gasteiger charge is -2.09. The Labute approximate surface area is 120 Å². The molecule has 0 aliphatic carbocycles. The maximum Gasteiger partial charge on any atom is 0.137 e. The standard InChI is InChI=1S/C17H12N2S/c1-2-5-14(16-6-3-11-20-16)12(4-1)13-7-9-18-17-15(13)8-10-19-17/h1-11H,(H,18,19). The second-order valence-electron chi connectivity index (χ2n) is 4.62. The van der Waals surface area contributed by atoms with Gasteiger partial charge in [0.25, 0.3) is 0 Å². The molecular formula is C17H12N2S. The van der Waals surface area contributed by atoms with Crippen LogP contribution in [-0.2, 0) is 0 Å². The van der Waals surface area contributed by atoms with Crippen molar-refractivity contribution in [3.05, 3.63) is 66.3 Å². The number of hydrogen-bond acceptors (Lipinski definition) is 2. The van der Waals surface area contributed by atoms with E-state index in [9.17, 15) is 0 Å². The minimum atomic E-state index is 0.934. The first-order chi connectivity index (χ1) is 9.93. The van der Waals surface area contributed by atoms with Crippen molar-refractivity contribution in [3.8, 4) is 21.6 Å². The van der Waals surface area contributed by atoms with Crippen LogP contribution in [-0.4, -0.2) is 9.97 Å². The summed E-state index contributed by atoms with van der Waals surface area (Å²) in [5.74, 6) is 0. The number of fused-ring (bicyclic) bond motifs is 1. The molecule has 0 aliphatic heterocycles. The molecule has 2 nitrogen and oxygen atoms in total. The topological polar surface area (TPSA) is 28.7 Å². The van der Waals surface area contributed by atoms with Crippen molar-refractivity contribution >= 4 is 22.4 Å². The van der Waals surface area contributed by atoms with Gasteiger partial charge in [0.05, 0.1) is 0 Å². The molecule has 1 N–H and O–H groups in total. The number of nitrogens with one attached hydrogen (secondary N) is 1. The highest BCUT2D eigenvalue weighted by atomic mass is 32.1. The number of H-pyrrole nitrogens is 1. The van der Waals surface area contributed by atoms with Gasteiger partial charge in [-0.15, -0.1) is 11.3 Å². The van der Waals surface area contributed by atoms with Gasteiger partial charge in [-0.05, 0) is 40.3 Å². The zero-order valence-electron chi connectivity index (χ0n) is 10.7. The van der Waals surface area contributed by atoms with Gasteiger partial charge >= 0.3 is 0 Å². The van der Waals surface area contributed by atoms with Crippen LogP contribution in [0.3, 0.4) is 0 Å². The van der Waals surface area contributed by atoms with Crippen LogP contribution in [0.1, 0.15) is 0 Å². The van der Waals surface area contributed by atoms with Crippen molar-refractivity contribution < 1.29 is 0 Å². The molecule has 0 amide bonds. The summed E-state index contributed by atoms with van der Waals surface area (Å²) in [5, 5.41) is 3.28. The van der Waals surface area contributed by atoms with E-state index in [-0.39, 0.29) is 0 Å². The average molecular weight is 276 g/mol. The van der Waals surface area contributed by atoms with Crippen LogP contribution < -0.4 is 0 Å². The number of benzene rings is 1. The largest absolute Gasteiger partial charge is 0.346 e. The fourth-order valence-corrected chi connectivity index (χ4v) is 3.33. The summed E-state index contributed by atoms with van der Waals surface area (Å²) in [6, 6.07) is 17.0. The van der Waals surface area contributed by atoms with Crippen molar-refractivity contribution in [1.29, 1.82) is 0 Å². The van der Waals surface area contributed by atoms with Crippen LogP contribution in [0, 0.1) is 0 Å². The lowest BCUT2D eigenvalue weighted by molar-refractivity contribution is 1.33. The van der Waals surface area contributed by atoms with Crippen LogP contribution in [0.2, 0.25) is 0 Å². The van der Waals surface area contributed by atoms with Gasteiger partial charge < -0.3 is 4.98 Å². The molecule has 0 radical (unpaired) electrons. The highest BCUT2D eigenvalue weighted by molar-refractivity contribution is 7.13. The molecule has 0 fully saturated rings. The Hall–Kier alpha value is -2.39. The van der Waals surface area contributed by atoms with Crippen LogP contribution in [0.15, 0.2) is 66.3 Å². The molecule has 0 spiro atoms. The van der Waals surface area contributed by atoms with E-state index in [1.54, 1.807) is 11.3 Å². The molecule has 3 aromatic heterocycles. The molecule has 20 heavy (non-hydrogen) atoms. The van der Waals surface area contributed by atoms with Crippen molar-refractivity contribution in [3.63, 3.8) is 0 Å². The molecule has 0 saturated heterocycles. The van der Waals surface area contributed by atoms with Crippen LogP contribution >= 0.6 is 11.3 Å². The molecule has 0 bridgehead atoms. The van der Waals surface area contributed by atoms with E-state index < -0.39 is 0 Å². The van der Waals surface area contributed by atoms with E-state index in [4.69, 9.17) is 0 Å². The fraction of sp³-hybridized carbons (Fsp3) is 0. The van der Waals surface area contributed by atoms with Gasteiger partial charge in [0.1, 0.15) is 5.65 Å². The van der Waals surface area contributed by atoms with E-state index in [0.717, 1.165) is 11.0 Å². The van der Waals surface area contributed by atoms with Gasteiger partial charge in [-0.25, -0.2) is 4.98 Å². The van der Waals surface area contributed by atoms with Gasteiger partial charge in [-0.3, -0.25) is 0 Å². The highest BCUT2D eigenvalue weighted by Gasteiger charge is 2.11. The maximum absolute atomic E-state index is 4.37. The second kappa shape index (κ2) is 4.62. The lowest BCUT2D eigenvalue weighted by atomic mass is 9.97. The molecule has 0 aliphatic rings. The minimum absolute atomic E-state index is 0.934. The third-order valence-corrected chi connectivity index (χ3v) is 4.37. The molecule has 1 aromatic carbocycles. The highest BCUT2D eigenvalue weighted by Crippen LogP contribution is 2.36. The van der Waals surface area contributed by atoms with Crippen LogP contribution in [0.25, 0.3) is 32.6 Å². The van der Waals surface area contributed by atoms with Crippen molar-refractivity contribution in [2.24, 2.45) is 0 Å². The number of nitrogens with zero attached hydrogens (tertiary/aromatic N) is 1. The van der Waals surface area contributed by atoms with Gasteiger partial charge in [0, 0.05) is 22.7 Å². The molecule has 96 valence electrons. The number of aromatic amines is 1. The summed E-state index contributed by atoms with van der Waals surface area (Å²) < 4.78 is 0. The predicted molar refractivity (Wildman–Crippen MR) is 84.8 cm³/mol. The Bertz CT molecular complexity index is 859.